The molecule has 1 heterocycles. The van der Waals surface area contributed by atoms with Crippen molar-refractivity contribution < 1.29 is 31.9 Å². The van der Waals surface area contributed by atoms with Crippen LogP contribution in [-0.2, 0) is 12.7 Å². The fourth-order valence-electron chi connectivity index (χ4n) is 4.57. The van der Waals surface area contributed by atoms with Crippen molar-refractivity contribution in [2.75, 3.05) is 13.1 Å². The van der Waals surface area contributed by atoms with Crippen LogP contribution in [0.4, 0.5) is 13.2 Å². The summed E-state index contributed by atoms with van der Waals surface area (Å²) in [4.78, 5) is 28.6. The van der Waals surface area contributed by atoms with E-state index in [2.05, 4.69) is 0 Å². The average molecular weight is 602 g/mol. The standard InChI is InChI=1S/C32H31ClF3NO5/c1-5-15-37(16-6-2)18-25-26(41-31(39)21-8-10-22(33)11-9-21)14-13-24-27(38)29(30(32(34,35)36)42-28(24)25)40-23-12-7-19(3)20(4)17-23/h7-14,17H,5-6,15-16,18H2,1-4H3. The van der Waals surface area contributed by atoms with Gasteiger partial charge in [0.1, 0.15) is 17.1 Å². The lowest BCUT2D eigenvalue weighted by atomic mass is 10.1. The Morgan fingerprint density at radius 2 is 1.62 bits per heavy atom. The predicted molar refractivity (Wildman–Crippen MR) is 156 cm³/mol. The van der Waals surface area contributed by atoms with Crippen molar-refractivity contribution in [3.05, 3.63) is 97.9 Å². The predicted octanol–water partition coefficient (Wildman–Crippen LogP) is 8.72. The Balaban J connectivity index is 1.91. The summed E-state index contributed by atoms with van der Waals surface area (Å²) in [5, 5.41) is 0.295. The molecule has 0 unspecified atom stereocenters. The van der Waals surface area contributed by atoms with Crippen molar-refractivity contribution in [2.24, 2.45) is 0 Å². The number of alkyl halides is 3. The molecule has 0 aliphatic carbocycles. The number of fused-ring (bicyclic) bond motifs is 1. The van der Waals surface area contributed by atoms with Gasteiger partial charge in [0.25, 0.3) is 5.76 Å². The number of halogens is 4. The third-order valence-electron chi connectivity index (χ3n) is 6.78. The monoisotopic (exact) mass is 601 g/mol. The first-order valence-corrected chi connectivity index (χ1v) is 14.0. The van der Waals surface area contributed by atoms with Gasteiger partial charge in [-0.1, -0.05) is 31.5 Å². The summed E-state index contributed by atoms with van der Waals surface area (Å²) in [6, 6.07) is 13.4. The van der Waals surface area contributed by atoms with Crippen LogP contribution in [0.5, 0.6) is 17.2 Å². The first-order chi connectivity index (χ1) is 19.9. The zero-order valence-electron chi connectivity index (χ0n) is 23.7. The first kappa shape index (κ1) is 31.1. The van der Waals surface area contributed by atoms with E-state index in [0.717, 1.165) is 24.0 Å². The van der Waals surface area contributed by atoms with Crippen LogP contribution in [-0.4, -0.2) is 24.0 Å². The Morgan fingerprint density at radius 1 is 0.952 bits per heavy atom. The fraction of sp³-hybridized carbons (Fsp3) is 0.312. The number of esters is 1. The second kappa shape index (κ2) is 13.0. The molecule has 0 radical (unpaired) electrons. The highest BCUT2D eigenvalue weighted by Gasteiger charge is 2.41. The van der Waals surface area contributed by atoms with Crippen LogP contribution >= 0.6 is 11.6 Å². The van der Waals surface area contributed by atoms with Crippen molar-refractivity contribution >= 4 is 28.5 Å². The SMILES string of the molecule is CCCN(CCC)Cc1c(OC(=O)c2ccc(Cl)cc2)ccc2c(=O)c(Oc3ccc(C)c(C)c3)c(C(F)(F)F)oc12. The highest BCUT2D eigenvalue weighted by molar-refractivity contribution is 6.30. The molecule has 222 valence electrons. The molecule has 1 aromatic heterocycles. The van der Waals surface area contributed by atoms with E-state index in [0.29, 0.717) is 18.1 Å². The number of hydrogen-bond donors (Lipinski definition) is 0. The van der Waals surface area contributed by atoms with E-state index in [4.69, 9.17) is 25.5 Å². The molecule has 42 heavy (non-hydrogen) atoms. The molecule has 0 fully saturated rings. The molecule has 4 aromatic rings. The van der Waals surface area contributed by atoms with Crippen LogP contribution in [0, 0.1) is 13.8 Å². The Labute approximate surface area is 246 Å². The minimum Gasteiger partial charge on any atom is -0.449 e. The van der Waals surface area contributed by atoms with Gasteiger partial charge in [-0.2, -0.15) is 13.2 Å². The maximum absolute atomic E-state index is 14.4. The molecule has 3 aromatic carbocycles. The van der Waals surface area contributed by atoms with Crippen molar-refractivity contribution in [2.45, 2.75) is 53.3 Å². The average Bonchev–Trinajstić information content (AvgIpc) is 2.93. The third kappa shape index (κ3) is 6.97. The normalized spacial score (nSPS) is 11.7. The maximum Gasteiger partial charge on any atom is 0.453 e. The largest absolute Gasteiger partial charge is 0.453 e. The highest BCUT2D eigenvalue weighted by Crippen LogP contribution is 2.40. The van der Waals surface area contributed by atoms with Gasteiger partial charge in [-0.05, 0) is 99.4 Å². The Morgan fingerprint density at radius 3 is 2.21 bits per heavy atom. The number of benzene rings is 3. The van der Waals surface area contributed by atoms with Crippen LogP contribution < -0.4 is 14.9 Å². The first-order valence-electron chi connectivity index (χ1n) is 13.6. The molecule has 0 atom stereocenters. The molecule has 0 bridgehead atoms. The topological polar surface area (TPSA) is 69.0 Å². The van der Waals surface area contributed by atoms with E-state index in [1.165, 1.54) is 42.5 Å². The Bertz CT molecular complexity index is 1640. The van der Waals surface area contributed by atoms with E-state index in [1.54, 1.807) is 19.1 Å². The van der Waals surface area contributed by atoms with Crippen molar-refractivity contribution in [3.63, 3.8) is 0 Å². The number of hydrogen-bond acceptors (Lipinski definition) is 6. The molecular weight excluding hydrogens is 571 g/mol. The zero-order valence-corrected chi connectivity index (χ0v) is 24.5. The molecule has 6 nitrogen and oxygen atoms in total. The quantitative estimate of drug-likeness (QED) is 0.134. The van der Waals surface area contributed by atoms with E-state index in [9.17, 15) is 22.8 Å². The number of nitrogens with zero attached hydrogens (tertiary/aromatic N) is 1. The van der Waals surface area contributed by atoms with E-state index in [-0.39, 0.29) is 40.1 Å². The Hall–Kier alpha value is -3.82. The summed E-state index contributed by atoms with van der Waals surface area (Å²) < 4.78 is 59.9. The van der Waals surface area contributed by atoms with Gasteiger partial charge >= 0.3 is 12.1 Å². The van der Waals surface area contributed by atoms with E-state index >= 15 is 0 Å². The molecule has 4 rings (SSSR count). The number of carbonyl (C=O) groups excluding carboxylic acids is 1. The molecular formula is C32H31ClF3NO5. The summed E-state index contributed by atoms with van der Waals surface area (Å²) >= 11 is 5.93. The molecule has 0 saturated carbocycles. The third-order valence-corrected chi connectivity index (χ3v) is 7.03. The van der Waals surface area contributed by atoms with Gasteiger partial charge in [0.15, 0.2) is 0 Å². The molecule has 10 heteroatoms. The maximum atomic E-state index is 14.4. The van der Waals surface area contributed by atoms with Crippen molar-refractivity contribution in [3.8, 4) is 17.2 Å². The zero-order chi connectivity index (χ0) is 30.6. The summed E-state index contributed by atoms with van der Waals surface area (Å²) in [6.45, 7) is 8.92. The van der Waals surface area contributed by atoms with E-state index in [1.807, 2.05) is 25.7 Å². The van der Waals surface area contributed by atoms with Crippen LogP contribution in [0.15, 0.2) is 63.8 Å². The summed E-state index contributed by atoms with van der Waals surface area (Å²) in [7, 11) is 0. The lowest BCUT2D eigenvalue weighted by Gasteiger charge is -2.23. The minimum absolute atomic E-state index is 0.0150. The molecule has 0 aliphatic heterocycles. The fourth-order valence-corrected chi connectivity index (χ4v) is 4.70. The molecule has 0 amide bonds. The highest BCUT2D eigenvalue weighted by atomic mass is 35.5. The lowest BCUT2D eigenvalue weighted by Crippen LogP contribution is -2.26. The molecule has 0 aliphatic rings. The smallest absolute Gasteiger partial charge is 0.449 e. The summed E-state index contributed by atoms with van der Waals surface area (Å²) in [5.41, 5.74) is 0.733. The van der Waals surface area contributed by atoms with Crippen molar-refractivity contribution in [1.82, 2.24) is 4.90 Å². The number of carbonyl (C=O) groups is 1. The summed E-state index contributed by atoms with van der Waals surface area (Å²) in [6.07, 6.45) is -3.51. The van der Waals surface area contributed by atoms with Crippen LogP contribution in [0.3, 0.4) is 0 Å². The van der Waals surface area contributed by atoms with Gasteiger partial charge in [-0.25, -0.2) is 4.79 Å². The second-order valence-electron chi connectivity index (χ2n) is 10.0. The van der Waals surface area contributed by atoms with E-state index < -0.39 is 29.1 Å². The van der Waals surface area contributed by atoms with Gasteiger partial charge in [-0.3, -0.25) is 9.69 Å². The van der Waals surface area contributed by atoms with Gasteiger partial charge in [0, 0.05) is 11.6 Å². The molecule has 0 N–H and O–H groups in total. The van der Waals surface area contributed by atoms with Crippen molar-refractivity contribution in [1.29, 1.82) is 0 Å². The Kier molecular flexibility index (Phi) is 9.64. The minimum atomic E-state index is -5.05. The second-order valence-corrected chi connectivity index (χ2v) is 10.5. The van der Waals surface area contributed by atoms with Gasteiger partial charge < -0.3 is 13.9 Å². The molecule has 0 saturated heterocycles. The number of rotatable bonds is 10. The van der Waals surface area contributed by atoms with Gasteiger partial charge in [0.2, 0.25) is 11.2 Å². The van der Waals surface area contributed by atoms with Crippen LogP contribution in [0.2, 0.25) is 5.02 Å². The lowest BCUT2D eigenvalue weighted by molar-refractivity contribution is -0.154. The van der Waals surface area contributed by atoms with Crippen LogP contribution in [0.1, 0.15) is 59.5 Å². The van der Waals surface area contributed by atoms with Gasteiger partial charge in [-0.15, -0.1) is 0 Å². The van der Waals surface area contributed by atoms with Crippen LogP contribution in [0.25, 0.3) is 11.0 Å². The number of aryl methyl sites for hydroxylation is 2. The van der Waals surface area contributed by atoms with Gasteiger partial charge in [0.05, 0.1) is 16.5 Å². The number of ether oxygens (including phenoxy) is 2. The summed E-state index contributed by atoms with van der Waals surface area (Å²) in [5.74, 6) is -3.22. The molecule has 0 spiro atoms.